The van der Waals surface area contributed by atoms with Crippen molar-refractivity contribution in [3.8, 4) is 11.4 Å². The fourth-order valence-corrected chi connectivity index (χ4v) is 1.85. The lowest BCUT2D eigenvalue weighted by molar-refractivity contribution is 0.170. The number of hydrogen-bond acceptors (Lipinski definition) is 5. The van der Waals surface area contributed by atoms with Crippen LogP contribution in [0, 0.1) is 6.92 Å². The van der Waals surface area contributed by atoms with Crippen molar-refractivity contribution in [1.29, 1.82) is 0 Å². The van der Waals surface area contributed by atoms with E-state index in [9.17, 15) is 5.11 Å². The molecule has 5 heteroatoms. The highest BCUT2D eigenvalue weighted by atomic mass is 16.5. The van der Waals surface area contributed by atoms with Gasteiger partial charge in [0.05, 0.1) is 11.8 Å². The Labute approximate surface area is 109 Å². The average Bonchev–Trinajstić information content (AvgIpc) is 3.07. The van der Waals surface area contributed by atoms with Crippen molar-refractivity contribution < 1.29 is 14.0 Å². The van der Waals surface area contributed by atoms with Gasteiger partial charge in [0.15, 0.2) is 6.10 Å². The van der Waals surface area contributed by atoms with Crippen molar-refractivity contribution in [3.05, 3.63) is 59.9 Å². The molecular formula is C14H12N2O3. The van der Waals surface area contributed by atoms with Gasteiger partial charge in [-0.25, -0.2) is 0 Å². The second-order valence-corrected chi connectivity index (χ2v) is 4.16. The fraction of sp³-hybridized carbons (Fsp3) is 0.143. The maximum absolute atomic E-state index is 10.2. The van der Waals surface area contributed by atoms with Crippen LogP contribution < -0.4 is 0 Å². The first-order valence-electron chi connectivity index (χ1n) is 5.87. The van der Waals surface area contributed by atoms with Crippen LogP contribution in [0.15, 0.2) is 51.6 Å². The molecule has 0 fully saturated rings. The quantitative estimate of drug-likeness (QED) is 0.780. The van der Waals surface area contributed by atoms with Gasteiger partial charge in [-0.1, -0.05) is 35.5 Å². The van der Waals surface area contributed by atoms with E-state index in [0.717, 1.165) is 5.56 Å². The highest BCUT2D eigenvalue weighted by Gasteiger charge is 2.19. The van der Waals surface area contributed by atoms with E-state index in [-0.39, 0.29) is 5.89 Å². The summed E-state index contributed by atoms with van der Waals surface area (Å²) >= 11 is 0. The third-order valence-corrected chi connectivity index (χ3v) is 2.89. The van der Waals surface area contributed by atoms with Crippen LogP contribution in [0.4, 0.5) is 0 Å². The molecule has 0 saturated carbocycles. The largest absolute Gasteiger partial charge is 0.469 e. The van der Waals surface area contributed by atoms with Crippen molar-refractivity contribution in [1.82, 2.24) is 10.1 Å². The minimum Gasteiger partial charge on any atom is -0.469 e. The number of hydrogen-bond donors (Lipinski definition) is 1. The smallest absolute Gasteiger partial charge is 0.260 e. The zero-order valence-corrected chi connectivity index (χ0v) is 10.3. The lowest BCUT2D eigenvalue weighted by Gasteiger charge is -2.04. The number of aryl methyl sites for hydroxylation is 1. The summed E-state index contributed by atoms with van der Waals surface area (Å²) in [4.78, 5) is 4.20. The standard InChI is InChI=1S/C14H12N2O3/c1-9-11(7-8-18-9)13-15-14(19-16-13)12(17)10-5-3-2-4-6-10/h2-8,12,17H,1H3. The van der Waals surface area contributed by atoms with Gasteiger partial charge in [0.25, 0.3) is 5.89 Å². The van der Waals surface area contributed by atoms with Gasteiger partial charge < -0.3 is 14.0 Å². The Hall–Kier alpha value is -2.40. The lowest BCUT2D eigenvalue weighted by atomic mass is 10.1. The van der Waals surface area contributed by atoms with Gasteiger partial charge in [-0.2, -0.15) is 4.98 Å². The third kappa shape index (κ3) is 2.15. The summed E-state index contributed by atoms with van der Waals surface area (Å²) in [5, 5.41) is 14.0. The predicted octanol–water partition coefficient (Wildman–Crippen LogP) is 2.72. The highest BCUT2D eigenvalue weighted by Crippen LogP contribution is 2.25. The number of aliphatic hydroxyl groups excluding tert-OH is 1. The van der Waals surface area contributed by atoms with Gasteiger partial charge in [0.2, 0.25) is 5.82 Å². The van der Waals surface area contributed by atoms with Crippen LogP contribution >= 0.6 is 0 Å². The Kier molecular flexibility index (Phi) is 2.89. The zero-order valence-electron chi connectivity index (χ0n) is 10.3. The molecule has 0 aliphatic rings. The summed E-state index contributed by atoms with van der Waals surface area (Å²) in [7, 11) is 0. The number of benzene rings is 1. The maximum atomic E-state index is 10.2. The van der Waals surface area contributed by atoms with Crippen molar-refractivity contribution in [3.63, 3.8) is 0 Å². The van der Waals surface area contributed by atoms with E-state index in [1.807, 2.05) is 25.1 Å². The summed E-state index contributed by atoms with van der Waals surface area (Å²) in [6.45, 7) is 1.82. The molecule has 0 radical (unpaired) electrons. The second kappa shape index (κ2) is 4.70. The third-order valence-electron chi connectivity index (χ3n) is 2.89. The van der Waals surface area contributed by atoms with E-state index in [0.29, 0.717) is 17.1 Å². The van der Waals surface area contributed by atoms with Gasteiger partial charge in [-0.05, 0) is 18.6 Å². The number of nitrogens with zero attached hydrogens (tertiary/aromatic N) is 2. The molecule has 0 aliphatic carbocycles. The molecule has 1 N–H and O–H groups in total. The Morgan fingerprint density at radius 2 is 1.95 bits per heavy atom. The van der Waals surface area contributed by atoms with Crippen molar-refractivity contribution in [2.24, 2.45) is 0 Å². The van der Waals surface area contributed by atoms with Crippen molar-refractivity contribution in [2.75, 3.05) is 0 Å². The summed E-state index contributed by atoms with van der Waals surface area (Å²) in [5.74, 6) is 1.29. The van der Waals surface area contributed by atoms with E-state index >= 15 is 0 Å². The molecule has 0 spiro atoms. The number of aliphatic hydroxyl groups is 1. The maximum Gasteiger partial charge on any atom is 0.260 e. The molecule has 2 heterocycles. The van der Waals surface area contributed by atoms with Gasteiger partial charge >= 0.3 is 0 Å². The molecule has 0 aliphatic heterocycles. The van der Waals surface area contributed by atoms with E-state index in [4.69, 9.17) is 8.94 Å². The Morgan fingerprint density at radius 1 is 1.16 bits per heavy atom. The topological polar surface area (TPSA) is 72.3 Å². The number of furan rings is 1. The fourth-order valence-electron chi connectivity index (χ4n) is 1.85. The number of rotatable bonds is 3. The average molecular weight is 256 g/mol. The van der Waals surface area contributed by atoms with Crippen LogP contribution in [0.5, 0.6) is 0 Å². The van der Waals surface area contributed by atoms with Gasteiger partial charge in [-0.3, -0.25) is 0 Å². The van der Waals surface area contributed by atoms with E-state index in [1.54, 1.807) is 24.5 Å². The summed E-state index contributed by atoms with van der Waals surface area (Å²) < 4.78 is 10.3. The van der Waals surface area contributed by atoms with Crippen molar-refractivity contribution in [2.45, 2.75) is 13.0 Å². The molecule has 0 bridgehead atoms. The van der Waals surface area contributed by atoms with E-state index < -0.39 is 6.10 Å². The Balaban J connectivity index is 1.92. The summed E-state index contributed by atoms with van der Waals surface area (Å²) in [6.07, 6.45) is 0.642. The van der Waals surface area contributed by atoms with Crippen LogP contribution in [0.1, 0.15) is 23.3 Å². The number of aromatic nitrogens is 2. The van der Waals surface area contributed by atoms with Crippen LogP contribution in [-0.4, -0.2) is 15.2 Å². The molecule has 1 atom stereocenters. The van der Waals surface area contributed by atoms with Crippen LogP contribution in [0.2, 0.25) is 0 Å². The first-order chi connectivity index (χ1) is 9.25. The van der Waals surface area contributed by atoms with Gasteiger partial charge in [0, 0.05) is 0 Å². The molecule has 3 aromatic rings. The predicted molar refractivity (Wildman–Crippen MR) is 67.2 cm³/mol. The molecule has 1 unspecified atom stereocenters. The summed E-state index contributed by atoms with van der Waals surface area (Å²) in [5.41, 5.74) is 1.47. The molecule has 19 heavy (non-hydrogen) atoms. The van der Waals surface area contributed by atoms with Crippen molar-refractivity contribution >= 4 is 0 Å². The van der Waals surface area contributed by atoms with Gasteiger partial charge in [0.1, 0.15) is 5.76 Å². The SMILES string of the molecule is Cc1occc1-c1noc(C(O)c2ccccc2)n1. The first kappa shape index (κ1) is 11.7. The van der Waals surface area contributed by atoms with Crippen LogP contribution in [0.25, 0.3) is 11.4 Å². The molecule has 0 amide bonds. The summed E-state index contributed by atoms with van der Waals surface area (Å²) in [6, 6.07) is 10.9. The molecule has 96 valence electrons. The minimum atomic E-state index is -0.922. The highest BCUT2D eigenvalue weighted by molar-refractivity contribution is 5.56. The normalized spacial score (nSPS) is 12.5. The Morgan fingerprint density at radius 3 is 2.63 bits per heavy atom. The zero-order chi connectivity index (χ0) is 13.2. The lowest BCUT2D eigenvalue weighted by Crippen LogP contribution is -1.99. The molecule has 5 nitrogen and oxygen atoms in total. The van der Waals surface area contributed by atoms with Crippen LogP contribution in [0.3, 0.4) is 0 Å². The van der Waals surface area contributed by atoms with Crippen LogP contribution in [-0.2, 0) is 0 Å². The van der Waals surface area contributed by atoms with Gasteiger partial charge in [-0.15, -0.1) is 0 Å². The molecule has 0 saturated heterocycles. The molecule has 2 aromatic heterocycles. The Bertz CT molecular complexity index is 673. The molecule has 1 aromatic carbocycles. The minimum absolute atomic E-state index is 0.168. The molecule has 3 rings (SSSR count). The monoisotopic (exact) mass is 256 g/mol. The second-order valence-electron chi connectivity index (χ2n) is 4.16. The van der Waals surface area contributed by atoms with E-state index in [1.165, 1.54) is 0 Å². The first-order valence-corrected chi connectivity index (χ1v) is 5.87. The molecular weight excluding hydrogens is 244 g/mol. The van der Waals surface area contributed by atoms with E-state index in [2.05, 4.69) is 10.1 Å².